The number of hydrogen-bond donors (Lipinski definition) is 1. The highest BCUT2D eigenvalue weighted by Crippen LogP contribution is 2.29. The van der Waals surface area contributed by atoms with Crippen LogP contribution in [0.5, 0.6) is 11.5 Å². The zero-order valence-electron chi connectivity index (χ0n) is 18.3. The molecule has 1 heterocycles. The van der Waals surface area contributed by atoms with Gasteiger partial charge in [-0.05, 0) is 68.7 Å². The Labute approximate surface area is 188 Å². The average Bonchev–Trinajstić information content (AvgIpc) is 2.79. The minimum atomic E-state index is -3.78. The van der Waals surface area contributed by atoms with Crippen molar-refractivity contribution >= 4 is 15.9 Å². The third-order valence-corrected chi connectivity index (χ3v) is 7.16. The number of nitrogens with one attached hydrogen (secondary N) is 1. The Hall–Kier alpha value is -2.65. The molecule has 1 unspecified atom stereocenters. The molecule has 1 saturated heterocycles. The normalized spacial score (nSPS) is 17.0. The lowest BCUT2D eigenvalue weighted by molar-refractivity contribution is -0.126. The number of halogens is 1. The second-order valence-electron chi connectivity index (χ2n) is 7.52. The number of hydrogen-bond acceptors (Lipinski definition) is 5. The van der Waals surface area contributed by atoms with E-state index in [-0.39, 0.29) is 17.3 Å². The number of rotatable bonds is 9. The van der Waals surface area contributed by atoms with Crippen molar-refractivity contribution in [2.45, 2.75) is 38.1 Å². The Bertz CT molecular complexity index is 1030. The molecule has 0 bridgehead atoms. The highest BCUT2D eigenvalue weighted by molar-refractivity contribution is 7.89. The Morgan fingerprint density at radius 3 is 2.47 bits per heavy atom. The van der Waals surface area contributed by atoms with Crippen LogP contribution >= 0.6 is 0 Å². The van der Waals surface area contributed by atoms with Crippen molar-refractivity contribution in [2.24, 2.45) is 5.92 Å². The van der Waals surface area contributed by atoms with Gasteiger partial charge in [-0.15, -0.1) is 0 Å². The van der Waals surface area contributed by atoms with Gasteiger partial charge in [0.1, 0.15) is 5.82 Å². The van der Waals surface area contributed by atoms with Gasteiger partial charge in [-0.1, -0.05) is 6.07 Å². The van der Waals surface area contributed by atoms with Crippen molar-refractivity contribution in [3.8, 4) is 11.5 Å². The van der Waals surface area contributed by atoms with E-state index in [1.165, 1.54) is 16.4 Å². The smallest absolute Gasteiger partial charge is 0.243 e. The molecule has 174 valence electrons. The van der Waals surface area contributed by atoms with Gasteiger partial charge < -0.3 is 14.8 Å². The largest absolute Gasteiger partial charge is 0.490 e. The summed E-state index contributed by atoms with van der Waals surface area (Å²) in [5, 5.41) is 2.90. The monoisotopic (exact) mass is 464 g/mol. The van der Waals surface area contributed by atoms with Crippen molar-refractivity contribution in [3.63, 3.8) is 0 Å². The SMILES string of the molecule is CCOc1ccc(CNC(=O)C2CCCN(S(=O)(=O)c3ccc(F)cc3)C2)cc1OCC. The van der Waals surface area contributed by atoms with E-state index in [4.69, 9.17) is 9.47 Å². The minimum absolute atomic E-state index is 0.0257. The Balaban J connectivity index is 1.63. The highest BCUT2D eigenvalue weighted by Gasteiger charge is 2.33. The van der Waals surface area contributed by atoms with Gasteiger partial charge in [0.25, 0.3) is 0 Å². The summed E-state index contributed by atoms with van der Waals surface area (Å²) in [7, 11) is -3.78. The average molecular weight is 465 g/mol. The van der Waals surface area contributed by atoms with Gasteiger partial charge in [0.2, 0.25) is 15.9 Å². The van der Waals surface area contributed by atoms with E-state index >= 15 is 0 Å². The summed E-state index contributed by atoms with van der Waals surface area (Å²) in [6.07, 6.45) is 1.19. The van der Waals surface area contributed by atoms with Gasteiger partial charge in [-0.2, -0.15) is 4.31 Å². The number of nitrogens with zero attached hydrogens (tertiary/aromatic N) is 1. The van der Waals surface area contributed by atoms with Crippen molar-refractivity contribution in [1.29, 1.82) is 0 Å². The molecule has 1 amide bonds. The Morgan fingerprint density at radius 2 is 1.78 bits per heavy atom. The first-order chi connectivity index (χ1) is 15.3. The molecule has 3 rings (SSSR count). The lowest BCUT2D eigenvalue weighted by Gasteiger charge is -2.31. The summed E-state index contributed by atoms with van der Waals surface area (Å²) in [6.45, 7) is 5.53. The summed E-state index contributed by atoms with van der Waals surface area (Å²) in [5.41, 5.74) is 0.858. The number of piperidine rings is 1. The predicted molar refractivity (Wildman–Crippen MR) is 119 cm³/mol. The maximum atomic E-state index is 13.2. The molecule has 7 nitrogen and oxygen atoms in total. The highest BCUT2D eigenvalue weighted by atomic mass is 32.2. The van der Waals surface area contributed by atoms with Crippen LogP contribution < -0.4 is 14.8 Å². The summed E-state index contributed by atoms with van der Waals surface area (Å²) in [6, 6.07) is 10.2. The van der Waals surface area contributed by atoms with E-state index < -0.39 is 21.8 Å². The molecule has 1 fully saturated rings. The lowest BCUT2D eigenvalue weighted by atomic mass is 9.98. The first-order valence-electron chi connectivity index (χ1n) is 10.8. The minimum Gasteiger partial charge on any atom is -0.490 e. The Morgan fingerprint density at radius 1 is 1.09 bits per heavy atom. The molecule has 1 aliphatic rings. The van der Waals surface area contributed by atoms with E-state index in [0.717, 1.165) is 17.7 Å². The van der Waals surface area contributed by atoms with Crippen LogP contribution in [-0.4, -0.2) is 44.9 Å². The quantitative estimate of drug-likeness (QED) is 0.615. The predicted octanol–water partition coefficient (Wildman–Crippen LogP) is 3.34. The molecule has 2 aromatic carbocycles. The molecule has 0 aliphatic carbocycles. The third-order valence-electron chi connectivity index (χ3n) is 5.28. The van der Waals surface area contributed by atoms with Crippen molar-refractivity contribution in [3.05, 3.63) is 53.8 Å². The van der Waals surface area contributed by atoms with Crippen LogP contribution in [0.15, 0.2) is 47.4 Å². The summed E-state index contributed by atoms with van der Waals surface area (Å²) in [4.78, 5) is 12.8. The molecule has 0 radical (unpaired) electrons. The molecular weight excluding hydrogens is 435 g/mol. The topological polar surface area (TPSA) is 84.9 Å². The molecule has 1 N–H and O–H groups in total. The summed E-state index contributed by atoms with van der Waals surface area (Å²) in [5.74, 6) is 0.124. The van der Waals surface area contributed by atoms with E-state index in [0.29, 0.717) is 50.6 Å². The van der Waals surface area contributed by atoms with E-state index in [2.05, 4.69) is 5.32 Å². The molecule has 2 aromatic rings. The Kier molecular flexibility index (Phi) is 8.09. The third kappa shape index (κ3) is 5.77. The fourth-order valence-electron chi connectivity index (χ4n) is 3.67. The van der Waals surface area contributed by atoms with Crippen LogP contribution in [0.1, 0.15) is 32.3 Å². The van der Waals surface area contributed by atoms with Crippen LogP contribution in [0.25, 0.3) is 0 Å². The first kappa shape index (κ1) is 24.0. The molecule has 9 heteroatoms. The van der Waals surface area contributed by atoms with Crippen molar-refractivity contribution in [1.82, 2.24) is 9.62 Å². The number of carbonyl (C=O) groups is 1. The second-order valence-corrected chi connectivity index (χ2v) is 9.46. The molecule has 32 heavy (non-hydrogen) atoms. The number of sulfonamides is 1. The molecule has 1 aliphatic heterocycles. The van der Waals surface area contributed by atoms with Crippen LogP contribution in [0, 0.1) is 11.7 Å². The number of ether oxygens (including phenoxy) is 2. The standard InChI is InChI=1S/C23H29FN2O5S/c1-3-30-21-12-7-17(14-22(21)31-4-2)15-25-23(27)18-6-5-13-26(16-18)32(28,29)20-10-8-19(24)9-11-20/h7-12,14,18H,3-6,13,15-16H2,1-2H3,(H,25,27). The van der Waals surface area contributed by atoms with Gasteiger partial charge in [-0.25, -0.2) is 12.8 Å². The maximum Gasteiger partial charge on any atom is 0.243 e. The van der Waals surface area contributed by atoms with E-state index in [9.17, 15) is 17.6 Å². The number of benzene rings is 2. The number of amides is 1. The van der Waals surface area contributed by atoms with Gasteiger partial charge in [0.15, 0.2) is 11.5 Å². The van der Waals surface area contributed by atoms with Gasteiger partial charge in [0.05, 0.1) is 24.0 Å². The van der Waals surface area contributed by atoms with E-state index in [1.54, 1.807) is 0 Å². The maximum absolute atomic E-state index is 13.2. The first-order valence-corrected chi connectivity index (χ1v) is 12.2. The van der Waals surface area contributed by atoms with Gasteiger partial charge >= 0.3 is 0 Å². The molecular formula is C23H29FN2O5S. The summed E-state index contributed by atoms with van der Waals surface area (Å²) >= 11 is 0. The van der Waals surface area contributed by atoms with Crippen molar-refractivity contribution in [2.75, 3.05) is 26.3 Å². The molecule has 0 aromatic heterocycles. The summed E-state index contributed by atoms with van der Waals surface area (Å²) < 4.78 is 51.4. The molecule has 1 atom stereocenters. The van der Waals surface area contributed by atoms with Gasteiger partial charge in [0, 0.05) is 19.6 Å². The zero-order chi connectivity index (χ0) is 23.1. The molecule has 0 spiro atoms. The van der Waals surface area contributed by atoms with Crippen LogP contribution in [0.3, 0.4) is 0 Å². The van der Waals surface area contributed by atoms with E-state index in [1.807, 2.05) is 32.0 Å². The fraction of sp³-hybridized carbons (Fsp3) is 0.435. The van der Waals surface area contributed by atoms with Gasteiger partial charge in [-0.3, -0.25) is 4.79 Å². The fourth-order valence-corrected chi connectivity index (χ4v) is 5.19. The van der Waals surface area contributed by atoms with Crippen LogP contribution in [0.4, 0.5) is 4.39 Å². The lowest BCUT2D eigenvalue weighted by Crippen LogP contribution is -2.45. The zero-order valence-corrected chi connectivity index (χ0v) is 19.2. The molecule has 0 saturated carbocycles. The number of carbonyl (C=O) groups excluding carboxylic acids is 1. The van der Waals surface area contributed by atoms with Crippen molar-refractivity contribution < 1.29 is 27.1 Å². The van der Waals surface area contributed by atoms with Crippen LogP contribution in [0.2, 0.25) is 0 Å². The second kappa shape index (κ2) is 10.8. The van der Waals surface area contributed by atoms with Crippen LogP contribution in [-0.2, 0) is 21.4 Å².